The molecule has 1 saturated heterocycles. The third-order valence-corrected chi connectivity index (χ3v) is 5.34. The highest BCUT2D eigenvalue weighted by molar-refractivity contribution is 7.89. The Morgan fingerprint density at radius 1 is 1.17 bits per heavy atom. The predicted molar refractivity (Wildman–Crippen MR) is 71.4 cm³/mol. The van der Waals surface area contributed by atoms with Gasteiger partial charge in [0.25, 0.3) is 0 Å². The average Bonchev–Trinajstić information content (AvgIpc) is 2.39. The van der Waals surface area contributed by atoms with Crippen LogP contribution in [-0.4, -0.2) is 32.4 Å². The molecule has 5 nitrogen and oxygen atoms in total. The molecule has 0 radical (unpaired) electrons. The third-order valence-electron chi connectivity index (χ3n) is 3.42. The second-order valence-corrected chi connectivity index (χ2v) is 6.59. The van der Waals surface area contributed by atoms with E-state index in [4.69, 9.17) is 11.5 Å². The van der Waals surface area contributed by atoms with Crippen molar-refractivity contribution >= 4 is 15.7 Å². The highest BCUT2D eigenvalue weighted by Gasteiger charge is 2.28. The number of nitrogens with zero attached hydrogens (tertiary/aromatic N) is 1. The Kier molecular flexibility index (Phi) is 3.89. The molecular formula is C12H19N3O2S. The van der Waals surface area contributed by atoms with Crippen molar-refractivity contribution in [3.63, 3.8) is 0 Å². The van der Waals surface area contributed by atoms with Crippen LogP contribution in [0.15, 0.2) is 29.2 Å². The zero-order valence-corrected chi connectivity index (χ0v) is 11.1. The smallest absolute Gasteiger partial charge is 0.243 e. The Balaban J connectivity index is 2.15. The largest absolute Gasteiger partial charge is 0.399 e. The highest BCUT2D eigenvalue weighted by atomic mass is 32.2. The minimum atomic E-state index is -3.37. The van der Waals surface area contributed by atoms with Gasteiger partial charge >= 0.3 is 0 Å². The van der Waals surface area contributed by atoms with E-state index in [1.165, 1.54) is 4.31 Å². The molecule has 1 aromatic rings. The predicted octanol–water partition coefficient (Wildman–Crippen LogP) is 0.628. The van der Waals surface area contributed by atoms with Gasteiger partial charge in [-0.3, -0.25) is 0 Å². The number of benzene rings is 1. The molecule has 1 heterocycles. The van der Waals surface area contributed by atoms with E-state index in [-0.39, 0.29) is 0 Å². The van der Waals surface area contributed by atoms with Crippen molar-refractivity contribution in [3.8, 4) is 0 Å². The van der Waals surface area contributed by atoms with Crippen LogP contribution in [0.1, 0.15) is 12.8 Å². The summed E-state index contributed by atoms with van der Waals surface area (Å²) < 4.78 is 26.2. The molecule has 1 aliphatic rings. The number of rotatable bonds is 3. The maximum atomic E-state index is 12.3. The number of nitrogens with two attached hydrogens (primary N) is 2. The van der Waals surface area contributed by atoms with E-state index < -0.39 is 10.0 Å². The number of hydrogen-bond donors (Lipinski definition) is 2. The third kappa shape index (κ3) is 2.66. The van der Waals surface area contributed by atoms with Crippen molar-refractivity contribution < 1.29 is 8.42 Å². The van der Waals surface area contributed by atoms with E-state index in [1.807, 2.05) is 0 Å². The van der Waals surface area contributed by atoms with Gasteiger partial charge in [0, 0.05) is 18.8 Å². The van der Waals surface area contributed by atoms with Crippen LogP contribution in [0.4, 0.5) is 5.69 Å². The van der Waals surface area contributed by atoms with Crippen molar-refractivity contribution in [2.24, 2.45) is 11.7 Å². The number of piperidine rings is 1. The quantitative estimate of drug-likeness (QED) is 0.788. The molecule has 0 aliphatic carbocycles. The molecule has 100 valence electrons. The second-order valence-electron chi connectivity index (χ2n) is 4.65. The Hall–Kier alpha value is -1.11. The number of anilines is 1. The maximum Gasteiger partial charge on any atom is 0.243 e. The zero-order chi connectivity index (χ0) is 13.2. The van der Waals surface area contributed by atoms with Gasteiger partial charge < -0.3 is 11.5 Å². The molecule has 1 aromatic carbocycles. The van der Waals surface area contributed by atoms with Crippen LogP contribution in [-0.2, 0) is 10.0 Å². The Morgan fingerprint density at radius 3 is 2.22 bits per heavy atom. The van der Waals surface area contributed by atoms with Gasteiger partial charge in [0.2, 0.25) is 10.0 Å². The first kappa shape index (κ1) is 13.3. The summed E-state index contributed by atoms with van der Waals surface area (Å²) in [6, 6.07) is 6.33. The van der Waals surface area contributed by atoms with Crippen LogP contribution in [0.2, 0.25) is 0 Å². The van der Waals surface area contributed by atoms with Crippen LogP contribution in [0.3, 0.4) is 0 Å². The fraction of sp³-hybridized carbons (Fsp3) is 0.500. The van der Waals surface area contributed by atoms with Gasteiger partial charge in [0.15, 0.2) is 0 Å². The lowest BCUT2D eigenvalue weighted by atomic mass is 9.99. The minimum absolute atomic E-state index is 0.308. The monoisotopic (exact) mass is 269 g/mol. The SMILES string of the molecule is NCC1CCN(S(=O)(=O)c2ccc(N)cc2)CC1. The average molecular weight is 269 g/mol. The van der Waals surface area contributed by atoms with Crippen LogP contribution >= 0.6 is 0 Å². The van der Waals surface area contributed by atoms with E-state index in [0.717, 1.165) is 12.8 Å². The molecule has 0 spiro atoms. The standard InChI is InChI=1S/C12H19N3O2S/c13-9-10-5-7-15(8-6-10)18(16,17)12-3-1-11(14)2-4-12/h1-4,10H,5-9,13-14H2. The van der Waals surface area contributed by atoms with Gasteiger partial charge in [0.1, 0.15) is 0 Å². The molecule has 0 aromatic heterocycles. The second kappa shape index (κ2) is 5.26. The first-order valence-corrected chi connectivity index (χ1v) is 7.54. The van der Waals surface area contributed by atoms with E-state index in [2.05, 4.69) is 0 Å². The van der Waals surface area contributed by atoms with Crippen molar-refractivity contribution in [2.45, 2.75) is 17.7 Å². The van der Waals surface area contributed by atoms with Gasteiger partial charge in [-0.25, -0.2) is 8.42 Å². The van der Waals surface area contributed by atoms with Crippen molar-refractivity contribution in [3.05, 3.63) is 24.3 Å². The van der Waals surface area contributed by atoms with Crippen LogP contribution in [0, 0.1) is 5.92 Å². The highest BCUT2D eigenvalue weighted by Crippen LogP contribution is 2.23. The van der Waals surface area contributed by atoms with Gasteiger partial charge in [0.05, 0.1) is 4.90 Å². The fourth-order valence-corrected chi connectivity index (χ4v) is 3.64. The summed E-state index contributed by atoms with van der Waals surface area (Å²) in [5.41, 5.74) is 11.7. The molecular weight excluding hydrogens is 250 g/mol. The molecule has 0 atom stereocenters. The Bertz CT molecular complexity index is 491. The van der Waals surface area contributed by atoms with Crippen molar-refractivity contribution in [1.82, 2.24) is 4.31 Å². The summed E-state index contributed by atoms with van der Waals surface area (Å²) in [6.07, 6.45) is 1.68. The summed E-state index contributed by atoms with van der Waals surface area (Å²) in [7, 11) is -3.37. The maximum absolute atomic E-state index is 12.3. The molecule has 0 amide bonds. The van der Waals surface area contributed by atoms with Gasteiger partial charge in [-0.05, 0) is 49.6 Å². The van der Waals surface area contributed by atoms with Gasteiger partial charge in [-0.1, -0.05) is 0 Å². The first-order chi connectivity index (χ1) is 8.54. The van der Waals surface area contributed by atoms with E-state index in [9.17, 15) is 8.42 Å². The Labute approximate surface area is 108 Å². The number of nitrogen functional groups attached to an aromatic ring is 1. The molecule has 0 saturated carbocycles. The van der Waals surface area contributed by atoms with Gasteiger partial charge in [-0.15, -0.1) is 0 Å². The summed E-state index contributed by atoms with van der Waals surface area (Å²) in [5, 5.41) is 0. The van der Waals surface area contributed by atoms with Crippen molar-refractivity contribution in [1.29, 1.82) is 0 Å². The Morgan fingerprint density at radius 2 is 1.72 bits per heavy atom. The fourth-order valence-electron chi connectivity index (χ4n) is 2.17. The molecule has 1 aliphatic heterocycles. The van der Waals surface area contributed by atoms with E-state index >= 15 is 0 Å². The molecule has 18 heavy (non-hydrogen) atoms. The number of hydrogen-bond acceptors (Lipinski definition) is 4. The molecule has 6 heteroatoms. The van der Waals surface area contributed by atoms with Crippen LogP contribution < -0.4 is 11.5 Å². The molecule has 2 rings (SSSR count). The molecule has 1 fully saturated rings. The molecule has 4 N–H and O–H groups in total. The van der Waals surface area contributed by atoms with E-state index in [1.54, 1.807) is 24.3 Å². The summed E-state index contributed by atoms with van der Waals surface area (Å²) in [4.78, 5) is 0.308. The lowest BCUT2D eigenvalue weighted by Gasteiger charge is -2.30. The summed E-state index contributed by atoms with van der Waals surface area (Å²) in [5.74, 6) is 0.447. The topological polar surface area (TPSA) is 89.4 Å². The minimum Gasteiger partial charge on any atom is -0.399 e. The van der Waals surface area contributed by atoms with Crippen molar-refractivity contribution in [2.75, 3.05) is 25.4 Å². The summed E-state index contributed by atoms with van der Waals surface area (Å²) in [6.45, 7) is 1.74. The molecule has 0 bridgehead atoms. The van der Waals surface area contributed by atoms with Crippen LogP contribution in [0.5, 0.6) is 0 Å². The zero-order valence-electron chi connectivity index (χ0n) is 10.2. The van der Waals surface area contributed by atoms with Crippen LogP contribution in [0.25, 0.3) is 0 Å². The number of sulfonamides is 1. The first-order valence-electron chi connectivity index (χ1n) is 6.10. The summed E-state index contributed by atoms with van der Waals surface area (Å²) >= 11 is 0. The lowest BCUT2D eigenvalue weighted by Crippen LogP contribution is -2.39. The van der Waals surface area contributed by atoms with Gasteiger partial charge in [-0.2, -0.15) is 4.31 Å². The lowest BCUT2D eigenvalue weighted by molar-refractivity contribution is 0.278. The van der Waals surface area contributed by atoms with E-state index in [0.29, 0.717) is 36.1 Å². The molecule has 0 unspecified atom stereocenters. The normalized spacial score (nSPS) is 18.9.